The van der Waals surface area contributed by atoms with E-state index in [-0.39, 0.29) is 10.8 Å². The molecule has 0 radical (unpaired) electrons. The van der Waals surface area contributed by atoms with Crippen LogP contribution in [0.15, 0.2) is 12.1 Å². The second-order valence-electron chi connectivity index (χ2n) is 9.78. The lowest BCUT2D eigenvalue weighted by Crippen LogP contribution is -2.19. The molecule has 1 rings (SSSR count). The summed E-state index contributed by atoms with van der Waals surface area (Å²) in [4.78, 5) is 0. The van der Waals surface area contributed by atoms with Gasteiger partial charge in [-0.25, -0.2) is 0 Å². The second kappa shape index (κ2) is 10.7. The molecule has 0 N–H and O–H groups in total. The average molecular weight is 372 g/mol. The van der Waals surface area contributed by atoms with Gasteiger partial charge in [0.2, 0.25) is 0 Å². The van der Waals surface area contributed by atoms with Crippen LogP contribution < -0.4 is 4.74 Å². The van der Waals surface area contributed by atoms with Gasteiger partial charge in [0.1, 0.15) is 12.4 Å². The third-order valence-electron chi connectivity index (χ3n) is 5.09. The molecule has 0 saturated heterocycles. The van der Waals surface area contributed by atoms with Crippen molar-refractivity contribution in [2.24, 2.45) is 0 Å². The summed E-state index contributed by atoms with van der Waals surface area (Å²) in [5.74, 6) is 0.953. The lowest BCUT2D eigenvalue weighted by atomic mass is 9.77. The highest BCUT2D eigenvalue weighted by Crippen LogP contribution is 2.38. The van der Waals surface area contributed by atoms with Gasteiger partial charge in [0.05, 0.1) is 12.5 Å². The van der Waals surface area contributed by atoms with E-state index in [2.05, 4.69) is 66.7 Å². The minimum absolute atomic E-state index is 0.0221. The Morgan fingerprint density at radius 1 is 0.852 bits per heavy atom. The van der Waals surface area contributed by atoms with Gasteiger partial charge in [0.15, 0.2) is 0 Å². The summed E-state index contributed by atoms with van der Waals surface area (Å²) < 4.78 is 6.04. The number of aryl methyl sites for hydroxylation is 1. The van der Waals surface area contributed by atoms with Crippen LogP contribution in [0, 0.1) is 11.3 Å². The quantitative estimate of drug-likeness (QED) is 0.399. The standard InChI is InChI=1S/C25H41NO/c1-8-9-10-11-12-13-15-20-18-22(25(5,6)7)23(27-17-14-16-26)19-21(20)24(2,3)4/h18-19H,8-15,17H2,1-7H3. The van der Waals surface area contributed by atoms with Crippen LogP contribution in [0.2, 0.25) is 0 Å². The third kappa shape index (κ3) is 7.96. The Labute approximate surface area is 168 Å². The van der Waals surface area contributed by atoms with Crippen LogP contribution >= 0.6 is 0 Å². The smallest absolute Gasteiger partial charge is 0.123 e. The molecule has 0 fully saturated rings. The Hall–Kier alpha value is -1.49. The van der Waals surface area contributed by atoms with E-state index in [1.165, 1.54) is 55.2 Å². The number of nitriles is 1. The van der Waals surface area contributed by atoms with Crippen molar-refractivity contribution in [3.05, 3.63) is 28.8 Å². The molecule has 0 heterocycles. The van der Waals surface area contributed by atoms with Crippen LogP contribution in [0.1, 0.15) is 110 Å². The Kier molecular flexibility index (Phi) is 9.37. The van der Waals surface area contributed by atoms with Gasteiger partial charge in [-0.2, -0.15) is 5.26 Å². The fourth-order valence-corrected chi connectivity index (χ4v) is 3.54. The van der Waals surface area contributed by atoms with Gasteiger partial charge in [0, 0.05) is 0 Å². The van der Waals surface area contributed by atoms with E-state index in [1.54, 1.807) is 0 Å². The molecular weight excluding hydrogens is 330 g/mol. The molecule has 0 spiro atoms. The van der Waals surface area contributed by atoms with Crippen LogP contribution in [0.25, 0.3) is 0 Å². The minimum atomic E-state index is 0.0221. The highest BCUT2D eigenvalue weighted by atomic mass is 16.5. The van der Waals surface area contributed by atoms with Crippen molar-refractivity contribution in [2.75, 3.05) is 6.61 Å². The third-order valence-corrected chi connectivity index (χ3v) is 5.09. The maximum Gasteiger partial charge on any atom is 0.123 e. The van der Waals surface area contributed by atoms with Crippen molar-refractivity contribution in [1.29, 1.82) is 5.26 Å². The summed E-state index contributed by atoms with van der Waals surface area (Å²) >= 11 is 0. The van der Waals surface area contributed by atoms with E-state index in [4.69, 9.17) is 10.00 Å². The minimum Gasteiger partial charge on any atom is -0.492 e. The lowest BCUT2D eigenvalue weighted by Gasteiger charge is -2.29. The number of hydrogen-bond donors (Lipinski definition) is 0. The first kappa shape index (κ1) is 23.5. The Morgan fingerprint density at radius 2 is 1.44 bits per heavy atom. The molecule has 0 aliphatic rings. The predicted molar refractivity (Wildman–Crippen MR) is 117 cm³/mol. The van der Waals surface area contributed by atoms with E-state index in [0.29, 0.717) is 13.0 Å². The van der Waals surface area contributed by atoms with E-state index < -0.39 is 0 Å². The highest BCUT2D eigenvalue weighted by Gasteiger charge is 2.25. The fraction of sp³-hybridized carbons (Fsp3) is 0.720. The number of nitrogens with zero attached hydrogens (tertiary/aromatic N) is 1. The second-order valence-corrected chi connectivity index (χ2v) is 9.78. The van der Waals surface area contributed by atoms with Crippen LogP contribution in [0.4, 0.5) is 0 Å². The number of rotatable bonds is 10. The molecule has 0 aliphatic heterocycles. The highest BCUT2D eigenvalue weighted by molar-refractivity contribution is 5.48. The molecule has 0 aromatic heterocycles. The number of unbranched alkanes of at least 4 members (excludes halogenated alkanes) is 5. The first-order chi connectivity index (χ1) is 12.6. The van der Waals surface area contributed by atoms with E-state index in [1.807, 2.05) is 0 Å². The Balaban J connectivity index is 3.10. The maximum absolute atomic E-state index is 8.85. The molecule has 0 atom stereocenters. The zero-order valence-corrected chi connectivity index (χ0v) is 18.9. The van der Waals surface area contributed by atoms with Gasteiger partial charge in [-0.05, 0) is 46.4 Å². The van der Waals surface area contributed by atoms with Crippen molar-refractivity contribution in [3.8, 4) is 11.8 Å². The largest absolute Gasteiger partial charge is 0.492 e. The van der Waals surface area contributed by atoms with Crippen LogP contribution in [0.5, 0.6) is 5.75 Å². The van der Waals surface area contributed by atoms with Crippen molar-refractivity contribution in [1.82, 2.24) is 0 Å². The molecule has 0 saturated carbocycles. The molecule has 0 unspecified atom stereocenters. The molecule has 152 valence electrons. The van der Waals surface area contributed by atoms with Crippen LogP contribution in [-0.2, 0) is 17.3 Å². The summed E-state index contributed by atoms with van der Waals surface area (Å²) in [6.07, 6.45) is 9.50. The monoisotopic (exact) mass is 371 g/mol. The van der Waals surface area contributed by atoms with Crippen molar-refractivity contribution in [2.45, 2.75) is 111 Å². The van der Waals surface area contributed by atoms with Gasteiger partial charge in [-0.3, -0.25) is 0 Å². The SMILES string of the molecule is CCCCCCCCc1cc(C(C)(C)C)c(OCCC#N)cc1C(C)(C)C. The predicted octanol–water partition coefficient (Wildman–Crippen LogP) is 7.48. The molecule has 2 nitrogen and oxygen atoms in total. The topological polar surface area (TPSA) is 33.0 Å². The molecule has 27 heavy (non-hydrogen) atoms. The van der Waals surface area contributed by atoms with Gasteiger partial charge in [-0.15, -0.1) is 0 Å². The van der Waals surface area contributed by atoms with Gasteiger partial charge in [-0.1, -0.05) is 86.6 Å². The molecule has 1 aromatic rings. The summed E-state index contributed by atoms with van der Waals surface area (Å²) in [7, 11) is 0. The maximum atomic E-state index is 8.85. The van der Waals surface area contributed by atoms with Crippen molar-refractivity contribution >= 4 is 0 Å². The van der Waals surface area contributed by atoms with Crippen molar-refractivity contribution in [3.63, 3.8) is 0 Å². The average Bonchev–Trinajstić information content (AvgIpc) is 2.56. The van der Waals surface area contributed by atoms with Crippen LogP contribution in [0.3, 0.4) is 0 Å². The summed E-state index contributed by atoms with van der Waals surface area (Å²) in [5, 5.41) is 8.85. The first-order valence-electron chi connectivity index (χ1n) is 10.8. The van der Waals surface area contributed by atoms with E-state index in [0.717, 1.165) is 12.2 Å². The first-order valence-corrected chi connectivity index (χ1v) is 10.8. The van der Waals surface area contributed by atoms with Crippen molar-refractivity contribution < 1.29 is 4.74 Å². The molecule has 0 bridgehead atoms. The number of hydrogen-bond acceptors (Lipinski definition) is 2. The summed E-state index contributed by atoms with van der Waals surface area (Å²) in [6.45, 7) is 16.3. The zero-order chi connectivity index (χ0) is 20.5. The van der Waals surface area contributed by atoms with Gasteiger partial charge < -0.3 is 4.74 Å². The van der Waals surface area contributed by atoms with Crippen LogP contribution in [-0.4, -0.2) is 6.61 Å². The summed E-state index contributed by atoms with van der Waals surface area (Å²) in [5.41, 5.74) is 4.22. The fourth-order valence-electron chi connectivity index (χ4n) is 3.54. The van der Waals surface area contributed by atoms with E-state index in [9.17, 15) is 0 Å². The van der Waals surface area contributed by atoms with Gasteiger partial charge in [0.25, 0.3) is 0 Å². The normalized spacial score (nSPS) is 12.1. The number of ether oxygens (including phenoxy) is 1. The Bertz CT molecular complexity index is 611. The number of benzene rings is 1. The molecular formula is C25H41NO. The van der Waals surface area contributed by atoms with Gasteiger partial charge >= 0.3 is 0 Å². The zero-order valence-electron chi connectivity index (χ0n) is 18.9. The lowest BCUT2D eigenvalue weighted by molar-refractivity contribution is 0.316. The molecule has 1 aromatic carbocycles. The molecule has 0 amide bonds. The van der Waals surface area contributed by atoms with E-state index >= 15 is 0 Å². The molecule has 0 aliphatic carbocycles. The summed E-state index contributed by atoms with van der Waals surface area (Å²) in [6, 6.07) is 6.81. The molecule has 2 heteroatoms. The Morgan fingerprint density at radius 3 is 2.00 bits per heavy atom.